The number of aliphatic hydroxyl groups is 1. The zero-order valence-corrected chi connectivity index (χ0v) is 14.5. The van der Waals surface area contributed by atoms with Gasteiger partial charge in [0.15, 0.2) is 0 Å². The van der Waals surface area contributed by atoms with Gasteiger partial charge in [-0.2, -0.15) is 0 Å². The standard InChI is InChI=1S/C18H28N2O3/c1-18(2,3)16(10-11-21)20-17(22)19-14-9-8-13-12(14)6-5-7-15(13)23-4/h5-7,14,16,21H,8-11H2,1-4H3,(H2,19,20,22)/t14-,16+/m1/s1. The van der Waals surface area contributed by atoms with Crippen molar-refractivity contribution in [2.45, 2.75) is 52.1 Å². The van der Waals surface area contributed by atoms with Crippen molar-refractivity contribution < 1.29 is 14.6 Å². The number of benzene rings is 1. The highest BCUT2D eigenvalue weighted by atomic mass is 16.5. The van der Waals surface area contributed by atoms with Crippen LogP contribution in [0.2, 0.25) is 0 Å². The van der Waals surface area contributed by atoms with Crippen molar-refractivity contribution in [2.75, 3.05) is 13.7 Å². The predicted octanol–water partition coefficient (Wildman–Crippen LogP) is 2.78. The smallest absolute Gasteiger partial charge is 0.315 e. The molecule has 0 radical (unpaired) electrons. The fourth-order valence-corrected chi connectivity index (χ4v) is 3.17. The third kappa shape index (κ3) is 4.16. The highest BCUT2D eigenvalue weighted by Gasteiger charge is 2.29. The molecule has 1 aliphatic carbocycles. The summed E-state index contributed by atoms with van der Waals surface area (Å²) >= 11 is 0. The summed E-state index contributed by atoms with van der Waals surface area (Å²) in [6.45, 7) is 6.24. The molecule has 0 saturated carbocycles. The van der Waals surface area contributed by atoms with Crippen LogP contribution in [0.15, 0.2) is 18.2 Å². The van der Waals surface area contributed by atoms with Gasteiger partial charge in [0.1, 0.15) is 5.75 Å². The third-order valence-electron chi connectivity index (χ3n) is 4.52. The topological polar surface area (TPSA) is 70.6 Å². The first kappa shape index (κ1) is 17.6. The average Bonchev–Trinajstić information content (AvgIpc) is 2.89. The number of amides is 2. The van der Waals surface area contributed by atoms with E-state index in [0.29, 0.717) is 6.42 Å². The molecule has 2 amide bonds. The molecule has 1 aliphatic rings. The Morgan fingerprint density at radius 3 is 2.78 bits per heavy atom. The van der Waals surface area contributed by atoms with Crippen LogP contribution in [0.3, 0.4) is 0 Å². The second-order valence-electron chi connectivity index (χ2n) is 7.17. The molecule has 0 aliphatic heterocycles. The lowest BCUT2D eigenvalue weighted by atomic mass is 9.85. The van der Waals surface area contributed by atoms with Crippen molar-refractivity contribution in [3.05, 3.63) is 29.3 Å². The normalized spacial score (nSPS) is 18.2. The number of rotatable bonds is 5. The van der Waals surface area contributed by atoms with Gasteiger partial charge < -0.3 is 20.5 Å². The van der Waals surface area contributed by atoms with Crippen molar-refractivity contribution in [3.8, 4) is 5.75 Å². The zero-order chi connectivity index (χ0) is 17.0. The zero-order valence-electron chi connectivity index (χ0n) is 14.5. The second kappa shape index (κ2) is 7.21. The van der Waals surface area contributed by atoms with Gasteiger partial charge >= 0.3 is 6.03 Å². The SMILES string of the molecule is COc1cccc2c1CC[C@H]2NC(=O)N[C@@H](CCO)C(C)(C)C. The fraction of sp³-hybridized carbons (Fsp3) is 0.611. The molecule has 1 aromatic carbocycles. The number of carbonyl (C=O) groups excluding carboxylic acids is 1. The van der Waals surface area contributed by atoms with E-state index in [1.54, 1.807) is 7.11 Å². The lowest BCUT2D eigenvalue weighted by Crippen LogP contribution is -2.49. The van der Waals surface area contributed by atoms with Gasteiger partial charge in [0, 0.05) is 12.6 Å². The number of carbonyl (C=O) groups is 1. The quantitative estimate of drug-likeness (QED) is 0.781. The van der Waals surface area contributed by atoms with E-state index >= 15 is 0 Å². The van der Waals surface area contributed by atoms with Crippen molar-refractivity contribution in [2.24, 2.45) is 5.41 Å². The first-order chi connectivity index (χ1) is 10.9. The first-order valence-corrected chi connectivity index (χ1v) is 8.20. The molecule has 1 aromatic rings. The number of fused-ring (bicyclic) bond motifs is 1. The van der Waals surface area contributed by atoms with Crippen LogP contribution >= 0.6 is 0 Å². The second-order valence-corrected chi connectivity index (χ2v) is 7.17. The molecular weight excluding hydrogens is 292 g/mol. The number of ether oxygens (including phenoxy) is 1. The maximum Gasteiger partial charge on any atom is 0.315 e. The summed E-state index contributed by atoms with van der Waals surface area (Å²) in [7, 11) is 1.67. The van der Waals surface area contributed by atoms with Crippen LogP contribution in [0, 0.1) is 5.41 Å². The lowest BCUT2D eigenvalue weighted by Gasteiger charge is -2.31. The monoisotopic (exact) mass is 320 g/mol. The third-order valence-corrected chi connectivity index (χ3v) is 4.52. The summed E-state index contributed by atoms with van der Waals surface area (Å²) in [5, 5.41) is 15.3. The van der Waals surface area contributed by atoms with Gasteiger partial charge in [-0.25, -0.2) is 4.79 Å². The summed E-state index contributed by atoms with van der Waals surface area (Å²) in [4.78, 5) is 12.4. The molecule has 0 spiro atoms. The van der Waals surface area contributed by atoms with Crippen LogP contribution in [0.4, 0.5) is 4.79 Å². The molecule has 5 nitrogen and oxygen atoms in total. The molecule has 3 N–H and O–H groups in total. The van der Waals surface area contributed by atoms with E-state index in [1.807, 2.05) is 18.2 Å². The van der Waals surface area contributed by atoms with E-state index in [9.17, 15) is 9.90 Å². The maximum atomic E-state index is 12.4. The minimum Gasteiger partial charge on any atom is -0.496 e. The van der Waals surface area contributed by atoms with Crippen LogP contribution in [-0.4, -0.2) is 30.9 Å². The molecule has 2 rings (SSSR count). The highest BCUT2D eigenvalue weighted by Crippen LogP contribution is 2.36. The first-order valence-electron chi connectivity index (χ1n) is 8.20. The Labute approximate surface area is 138 Å². The Morgan fingerprint density at radius 1 is 1.43 bits per heavy atom. The summed E-state index contributed by atoms with van der Waals surface area (Å²) in [6.07, 6.45) is 2.33. The van der Waals surface area contributed by atoms with E-state index in [2.05, 4.69) is 31.4 Å². The minimum absolute atomic E-state index is 0.00912. The van der Waals surface area contributed by atoms with E-state index in [-0.39, 0.29) is 30.1 Å². The number of hydrogen-bond donors (Lipinski definition) is 3. The summed E-state index contributed by atoms with van der Waals surface area (Å²) in [5.74, 6) is 0.889. The predicted molar refractivity (Wildman–Crippen MR) is 90.7 cm³/mol. The van der Waals surface area contributed by atoms with E-state index < -0.39 is 0 Å². The Kier molecular flexibility index (Phi) is 5.52. The summed E-state index contributed by atoms with van der Waals surface area (Å²) in [5.41, 5.74) is 2.22. The molecule has 0 fully saturated rings. The number of nitrogens with one attached hydrogen (secondary N) is 2. The highest BCUT2D eigenvalue weighted by molar-refractivity contribution is 5.75. The molecular formula is C18H28N2O3. The van der Waals surface area contributed by atoms with Gasteiger partial charge in [-0.15, -0.1) is 0 Å². The van der Waals surface area contributed by atoms with Gasteiger partial charge in [0.2, 0.25) is 0 Å². The molecule has 0 unspecified atom stereocenters. The Hall–Kier alpha value is -1.75. The average molecular weight is 320 g/mol. The molecule has 0 bridgehead atoms. The Bertz CT molecular complexity index is 552. The molecule has 128 valence electrons. The fourth-order valence-electron chi connectivity index (χ4n) is 3.17. The Morgan fingerprint density at radius 2 is 2.17 bits per heavy atom. The van der Waals surface area contributed by atoms with E-state index in [1.165, 1.54) is 5.56 Å². The minimum atomic E-state index is -0.181. The number of hydrogen-bond acceptors (Lipinski definition) is 3. The number of aliphatic hydroxyl groups excluding tert-OH is 1. The molecule has 23 heavy (non-hydrogen) atoms. The van der Waals surface area contributed by atoms with Crippen molar-refractivity contribution in [1.82, 2.24) is 10.6 Å². The van der Waals surface area contributed by atoms with Crippen molar-refractivity contribution in [3.63, 3.8) is 0 Å². The lowest BCUT2D eigenvalue weighted by molar-refractivity contribution is 0.187. The van der Waals surface area contributed by atoms with Crippen LogP contribution in [-0.2, 0) is 6.42 Å². The van der Waals surface area contributed by atoms with Crippen LogP contribution in [0.25, 0.3) is 0 Å². The van der Waals surface area contributed by atoms with Crippen molar-refractivity contribution in [1.29, 1.82) is 0 Å². The Balaban J connectivity index is 2.03. The molecule has 5 heteroatoms. The van der Waals surface area contributed by atoms with E-state index in [0.717, 1.165) is 24.2 Å². The van der Waals surface area contributed by atoms with Crippen LogP contribution in [0.5, 0.6) is 5.75 Å². The van der Waals surface area contributed by atoms with Gasteiger partial charge in [-0.3, -0.25) is 0 Å². The van der Waals surface area contributed by atoms with Gasteiger partial charge in [-0.05, 0) is 41.9 Å². The molecule has 0 heterocycles. The number of methoxy groups -OCH3 is 1. The largest absolute Gasteiger partial charge is 0.496 e. The van der Waals surface area contributed by atoms with Gasteiger partial charge in [-0.1, -0.05) is 32.9 Å². The van der Waals surface area contributed by atoms with Gasteiger partial charge in [0.25, 0.3) is 0 Å². The summed E-state index contributed by atoms with van der Waals surface area (Å²) in [6, 6.07) is 5.72. The molecule has 0 saturated heterocycles. The maximum absolute atomic E-state index is 12.4. The number of urea groups is 1. The van der Waals surface area contributed by atoms with Crippen LogP contribution < -0.4 is 15.4 Å². The van der Waals surface area contributed by atoms with Gasteiger partial charge in [0.05, 0.1) is 13.2 Å². The molecule has 2 atom stereocenters. The summed E-state index contributed by atoms with van der Waals surface area (Å²) < 4.78 is 5.40. The van der Waals surface area contributed by atoms with Crippen molar-refractivity contribution >= 4 is 6.03 Å². The van der Waals surface area contributed by atoms with E-state index in [4.69, 9.17) is 4.74 Å². The molecule has 0 aromatic heterocycles. The van der Waals surface area contributed by atoms with Crippen LogP contribution in [0.1, 0.15) is 50.8 Å².